The zero-order valence-corrected chi connectivity index (χ0v) is 18.3. The summed E-state index contributed by atoms with van der Waals surface area (Å²) >= 11 is 0. The van der Waals surface area contributed by atoms with Gasteiger partial charge in [-0.15, -0.1) is 10.2 Å². The molecule has 1 fully saturated rings. The number of hydrogen-bond acceptors (Lipinski definition) is 8. The molecular formula is C20H30N8O3. The van der Waals surface area contributed by atoms with Crippen molar-refractivity contribution < 1.29 is 14.3 Å². The van der Waals surface area contributed by atoms with E-state index in [9.17, 15) is 9.59 Å². The number of nitrogens with two attached hydrogens (primary N) is 1. The molecule has 31 heavy (non-hydrogen) atoms. The zero-order chi connectivity index (χ0) is 22.6. The van der Waals surface area contributed by atoms with Gasteiger partial charge in [0.25, 0.3) is 5.91 Å². The van der Waals surface area contributed by atoms with Gasteiger partial charge >= 0.3 is 6.09 Å². The number of anilines is 3. The lowest BCUT2D eigenvalue weighted by molar-refractivity contribution is 0.0488. The van der Waals surface area contributed by atoms with Crippen LogP contribution in [0.5, 0.6) is 0 Å². The first-order valence-electron chi connectivity index (χ1n) is 10.3. The van der Waals surface area contributed by atoms with Crippen LogP contribution in [0.3, 0.4) is 0 Å². The molecule has 11 heteroatoms. The maximum absolute atomic E-state index is 12.2. The first-order chi connectivity index (χ1) is 14.6. The molecule has 2 aromatic heterocycles. The number of aromatic nitrogens is 4. The Morgan fingerprint density at radius 2 is 1.87 bits per heavy atom. The SMILES string of the molecule is Cn1ccc(Nc2cc(N[C@@H]3CCCC[C@@H]3NC(=O)OC(C)(C)C)nnc2C(N)=O)n1. The normalized spacial score (nSPS) is 18.8. The van der Waals surface area contributed by atoms with Crippen molar-refractivity contribution in [3.8, 4) is 0 Å². The van der Waals surface area contributed by atoms with E-state index in [0.29, 0.717) is 17.3 Å². The van der Waals surface area contributed by atoms with Crippen molar-refractivity contribution in [2.75, 3.05) is 10.6 Å². The van der Waals surface area contributed by atoms with Gasteiger partial charge in [0.1, 0.15) is 5.60 Å². The Labute approximate surface area is 181 Å². The molecule has 0 spiro atoms. The van der Waals surface area contributed by atoms with E-state index in [1.807, 2.05) is 20.8 Å². The molecule has 2 amide bonds. The summed E-state index contributed by atoms with van der Waals surface area (Å²) in [6.45, 7) is 5.49. The lowest BCUT2D eigenvalue weighted by Crippen LogP contribution is -2.49. The van der Waals surface area contributed by atoms with Crippen LogP contribution in [0.4, 0.5) is 22.1 Å². The number of nitrogens with one attached hydrogen (secondary N) is 3. The van der Waals surface area contributed by atoms with Gasteiger partial charge in [0, 0.05) is 31.4 Å². The maximum Gasteiger partial charge on any atom is 0.407 e. The molecule has 3 rings (SSSR count). The van der Waals surface area contributed by atoms with Crippen LogP contribution >= 0.6 is 0 Å². The quantitative estimate of drug-likeness (QED) is 0.545. The lowest BCUT2D eigenvalue weighted by Gasteiger charge is -2.33. The number of rotatable bonds is 6. The predicted octanol–water partition coefficient (Wildman–Crippen LogP) is 2.30. The first-order valence-corrected chi connectivity index (χ1v) is 10.3. The van der Waals surface area contributed by atoms with Gasteiger partial charge in [-0.1, -0.05) is 12.8 Å². The smallest absolute Gasteiger partial charge is 0.407 e. The Kier molecular flexibility index (Phi) is 6.62. The largest absolute Gasteiger partial charge is 0.444 e. The number of nitrogens with zero attached hydrogens (tertiary/aromatic N) is 4. The van der Waals surface area contributed by atoms with Crippen LogP contribution in [0.2, 0.25) is 0 Å². The average Bonchev–Trinajstić information content (AvgIpc) is 3.06. The van der Waals surface area contributed by atoms with E-state index in [0.717, 1.165) is 25.7 Å². The highest BCUT2D eigenvalue weighted by atomic mass is 16.6. The van der Waals surface area contributed by atoms with Crippen LogP contribution in [-0.4, -0.2) is 49.7 Å². The topological polar surface area (TPSA) is 149 Å². The van der Waals surface area contributed by atoms with Crippen molar-refractivity contribution in [3.63, 3.8) is 0 Å². The number of amides is 2. The Morgan fingerprint density at radius 3 is 2.48 bits per heavy atom. The molecule has 1 aliphatic carbocycles. The van der Waals surface area contributed by atoms with Crippen molar-refractivity contribution in [2.45, 2.75) is 64.1 Å². The Balaban J connectivity index is 1.75. The standard InChI is InChI=1S/C20H30N8O3/c1-20(2,3)31-19(30)24-13-8-6-5-7-12(13)22-16-11-14(17(18(21)29)26-25-16)23-15-9-10-28(4)27-15/h9-13H,5-8H2,1-4H3,(H2,21,29)(H,24,30)(H2,22,23,25,27)/t12-,13+/m1/s1. The summed E-state index contributed by atoms with van der Waals surface area (Å²) in [5.41, 5.74) is 5.30. The molecule has 0 saturated heterocycles. The molecule has 0 aromatic carbocycles. The van der Waals surface area contributed by atoms with Crippen LogP contribution < -0.4 is 21.7 Å². The van der Waals surface area contributed by atoms with Crippen molar-refractivity contribution in [1.82, 2.24) is 25.3 Å². The monoisotopic (exact) mass is 430 g/mol. The average molecular weight is 431 g/mol. The second-order valence-corrected chi connectivity index (χ2v) is 8.64. The molecular weight excluding hydrogens is 400 g/mol. The third-order valence-corrected chi connectivity index (χ3v) is 4.81. The van der Waals surface area contributed by atoms with E-state index in [1.54, 1.807) is 30.1 Å². The molecule has 0 bridgehead atoms. The second kappa shape index (κ2) is 9.19. The number of hydrogen-bond donors (Lipinski definition) is 4. The van der Waals surface area contributed by atoms with Crippen LogP contribution in [-0.2, 0) is 11.8 Å². The van der Waals surface area contributed by atoms with Gasteiger partial charge in [0.15, 0.2) is 17.3 Å². The molecule has 11 nitrogen and oxygen atoms in total. The maximum atomic E-state index is 12.2. The minimum absolute atomic E-state index is 0.0169. The van der Waals surface area contributed by atoms with Crippen LogP contribution in [0, 0.1) is 0 Å². The molecule has 2 atom stereocenters. The predicted molar refractivity (Wildman–Crippen MR) is 116 cm³/mol. The molecule has 168 valence electrons. The van der Waals surface area contributed by atoms with E-state index in [-0.39, 0.29) is 17.8 Å². The summed E-state index contributed by atoms with van der Waals surface area (Å²) in [6.07, 6.45) is 5.03. The number of ether oxygens (including phenoxy) is 1. The van der Waals surface area contributed by atoms with Crippen LogP contribution in [0.1, 0.15) is 56.9 Å². The number of aryl methyl sites for hydroxylation is 1. The number of alkyl carbamates (subject to hydrolysis) is 1. The highest BCUT2D eigenvalue weighted by Crippen LogP contribution is 2.25. The molecule has 0 radical (unpaired) electrons. The molecule has 1 saturated carbocycles. The summed E-state index contributed by atoms with van der Waals surface area (Å²) in [4.78, 5) is 24.0. The van der Waals surface area contributed by atoms with Crippen molar-refractivity contribution in [2.24, 2.45) is 12.8 Å². The highest BCUT2D eigenvalue weighted by molar-refractivity contribution is 5.97. The number of primary amides is 1. The third kappa shape index (κ3) is 6.30. The Hall–Kier alpha value is -3.37. The van der Waals surface area contributed by atoms with E-state index in [2.05, 4.69) is 31.2 Å². The van der Waals surface area contributed by atoms with Gasteiger partial charge in [0.05, 0.1) is 11.7 Å². The fourth-order valence-corrected chi connectivity index (χ4v) is 3.48. The summed E-state index contributed by atoms with van der Waals surface area (Å²) < 4.78 is 7.03. The summed E-state index contributed by atoms with van der Waals surface area (Å²) in [7, 11) is 1.79. The number of carbonyl (C=O) groups is 2. The van der Waals surface area contributed by atoms with Crippen molar-refractivity contribution in [3.05, 3.63) is 24.0 Å². The summed E-state index contributed by atoms with van der Waals surface area (Å²) in [5.74, 6) is 0.317. The van der Waals surface area contributed by atoms with Crippen LogP contribution in [0.25, 0.3) is 0 Å². The summed E-state index contributed by atoms with van der Waals surface area (Å²) in [6, 6.07) is 3.26. The fraction of sp³-hybridized carbons (Fsp3) is 0.550. The molecule has 2 heterocycles. The highest BCUT2D eigenvalue weighted by Gasteiger charge is 2.29. The second-order valence-electron chi connectivity index (χ2n) is 8.64. The van der Waals surface area contributed by atoms with E-state index in [1.165, 1.54) is 0 Å². The minimum atomic E-state index is -0.695. The van der Waals surface area contributed by atoms with Crippen molar-refractivity contribution in [1.29, 1.82) is 0 Å². The molecule has 1 aliphatic rings. The first kappa shape index (κ1) is 22.3. The van der Waals surface area contributed by atoms with Gasteiger partial charge in [-0.2, -0.15) is 5.10 Å². The van der Waals surface area contributed by atoms with E-state index in [4.69, 9.17) is 10.5 Å². The minimum Gasteiger partial charge on any atom is -0.444 e. The zero-order valence-electron chi connectivity index (χ0n) is 18.3. The number of carbonyl (C=O) groups excluding carboxylic acids is 2. The van der Waals surface area contributed by atoms with Gasteiger partial charge in [-0.05, 0) is 33.6 Å². The van der Waals surface area contributed by atoms with Gasteiger partial charge in [0.2, 0.25) is 0 Å². The lowest BCUT2D eigenvalue weighted by atomic mass is 9.90. The Morgan fingerprint density at radius 1 is 1.16 bits per heavy atom. The van der Waals surface area contributed by atoms with Crippen molar-refractivity contribution >= 4 is 29.3 Å². The van der Waals surface area contributed by atoms with Gasteiger partial charge in [-0.25, -0.2) is 4.79 Å². The summed E-state index contributed by atoms with van der Waals surface area (Å²) in [5, 5.41) is 21.7. The van der Waals surface area contributed by atoms with Gasteiger partial charge < -0.3 is 26.4 Å². The molecule has 5 N–H and O–H groups in total. The Bertz CT molecular complexity index is 937. The molecule has 2 aromatic rings. The van der Waals surface area contributed by atoms with Gasteiger partial charge in [-0.3, -0.25) is 9.48 Å². The fourth-order valence-electron chi connectivity index (χ4n) is 3.48. The third-order valence-electron chi connectivity index (χ3n) is 4.81. The van der Waals surface area contributed by atoms with E-state index >= 15 is 0 Å². The molecule has 0 unspecified atom stereocenters. The molecule has 0 aliphatic heterocycles. The van der Waals surface area contributed by atoms with E-state index < -0.39 is 17.6 Å². The van der Waals surface area contributed by atoms with Crippen LogP contribution in [0.15, 0.2) is 18.3 Å².